The summed E-state index contributed by atoms with van der Waals surface area (Å²) in [7, 11) is 0. The second kappa shape index (κ2) is 6.07. The molecule has 2 aromatic rings. The van der Waals surface area contributed by atoms with E-state index in [0.29, 0.717) is 10.9 Å². The lowest BCUT2D eigenvalue weighted by atomic mass is 10.2. The highest BCUT2D eigenvalue weighted by Crippen LogP contribution is 2.13. The van der Waals surface area contributed by atoms with Crippen LogP contribution in [0, 0.1) is 17.0 Å². The average Bonchev–Trinajstić information content (AvgIpc) is 2.42. The molecule has 7 heteroatoms. The fourth-order valence-corrected chi connectivity index (χ4v) is 1.71. The van der Waals surface area contributed by atoms with Gasteiger partial charge in [0.25, 0.3) is 5.69 Å². The Morgan fingerprint density at radius 2 is 1.90 bits per heavy atom. The summed E-state index contributed by atoms with van der Waals surface area (Å²) < 4.78 is 0. The molecule has 1 heterocycles. The minimum atomic E-state index is -0.500. The standard InChI is InChI=1S/C13H12N4O2S/c1-9-2-4-10(5-3-9)15-13(20)16-12-7-6-11(8-14-12)17(18)19/h2-8H,1H3,(H2,14,15,16,20). The van der Waals surface area contributed by atoms with Gasteiger partial charge >= 0.3 is 0 Å². The van der Waals surface area contributed by atoms with Crippen molar-refractivity contribution in [2.45, 2.75) is 6.92 Å². The highest BCUT2D eigenvalue weighted by atomic mass is 32.1. The van der Waals surface area contributed by atoms with Crippen molar-refractivity contribution >= 4 is 34.5 Å². The Bertz CT molecular complexity index is 626. The monoisotopic (exact) mass is 288 g/mol. The molecule has 2 N–H and O–H groups in total. The molecule has 20 heavy (non-hydrogen) atoms. The van der Waals surface area contributed by atoms with E-state index in [1.165, 1.54) is 18.3 Å². The molecule has 0 aliphatic rings. The molecule has 0 spiro atoms. The van der Waals surface area contributed by atoms with Gasteiger partial charge in [-0.3, -0.25) is 10.1 Å². The molecule has 0 aliphatic carbocycles. The van der Waals surface area contributed by atoms with Gasteiger partial charge in [0.15, 0.2) is 5.11 Å². The first-order valence-corrected chi connectivity index (χ1v) is 6.20. The van der Waals surface area contributed by atoms with Crippen LogP contribution in [0.25, 0.3) is 0 Å². The van der Waals surface area contributed by atoms with E-state index in [0.717, 1.165) is 11.3 Å². The van der Waals surface area contributed by atoms with Crippen molar-refractivity contribution in [2.24, 2.45) is 0 Å². The van der Waals surface area contributed by atoms with Crippen molar-refractivity contribution in [2.75, 3.05) is 10.6 Å². The minimum absolute atomic E-state index is 0.0621. The predicted molar refractivity (Wildman–Crippen MR) is 81.9 cm³/mol. The number of pyridine rings is 1. The van der Waals surface area contributed by atoms with Crippen molar-refractivity contribution in [1.82, 2.24) is 4.98 Å². The van der Waals surface area contributed by atoms with Gasteiger partial charge in [0.1, 0.15) is 12.0 Å². The third-order valence-electron chi connectivity index (χ3n) is 2.51. The van der Waals surface area contributed by atoms with Crippen molar-refractivity contribution in [1.29, 1.82) is 0 Å². The highest BCUT2D eigenvalue weighted by Gasteiger charge is 2.06. The van der Waals surface area contributed by atoms with Crippen LogP contribution < -0.4 is 10.6 Å². The Labute approximate surface area is 121 Å². The van der Waals surface area contributed by atoms with Gasteiger partial charge in [0, 0.05) is 11.8 Å². The van der Waals surface area contributed by atoms with Crippen LogP contribution in [0.15, 0.2) is 42.6 Å². The molecule has 0 aliphatic heterocycles. The molecule has 2 rings (SSSR count). The number of rotatable bonds is 3. The molecular weight excluding hydrogens is 276 g/mol. The van der Waals surface area contributed by atoms with Gasteiger partial charge in [-0.25, -0.2) is 4.98 Å². The Hall–Kier alpha value is -2.54. The first-order valence-electron chi connectivity index (χ1n) is 5.80. The van der Waals surface area contributed by atoms with Gasteiger partial charge in [0.2, 0.25) is 0 Å². The fourth-order valence-electron chi connectivity index (χ4n) is 1.48. The number of nitrogens with zero attached hydrogens (tertiary/aromatic N) is 2. The van der Waals surface area contributed by atoms with Crippen molar-refractivity contribution < 1.29 is 4.92 Å². The molecule has 1 aromatic carbocycles. The third-order valence-corrected chi connectivity index (χ3v) is 2.71. The summed E-state index contributed by atoms with van der Waals surface area (Å²) in [5, 5.41) is 16.7. The molecular formula is C13H12N4O2S. The number of nitrogens with one attached hydrogen (secondary N) is 2. The van der Waals surface area contributed by atoms with E-state index >= 15 is 0 Å². The molecule has 102 valence electrons. The van der Waals surface area contributed by atoms with Crippen LogP contribution in [0.5, 0.6) is 0 Å². The number of nitro groups is 1. The van der Waals surface area contributed by atoms with E-state index < -0.39 is 4.92 Å². The fraction of sp³-hybridized carbons (Fsp3) is 0.0769. The molecule has 6 nitrogen and oxygen atoms in total. The van der Waals surface area contributed by atoms with Crippen LogP contribution in [0.2, 0.25) is 0 Å². The van der Waals surface area contributed by atoms with Gasteiger partial charge < -0.3 is 10.6 Å². The summed E-state index contributed by atoms with van der Waals surface area (Å²) >= 11 is 5.14. The summed E-state index contributed by atoms with van der Waals surface area (Å²) in [6, 6.07) is 10.6. The Morgan fingerprint density at radius 3 is 2.45 bits per heavy atom. The van der Waals surface area contributed by atoms with Crippen LogP contribution in [-0.4, -0.2) is 15.0 Å². The van der Waals surface area contributed by atoms with Gasteiger partial charge in [0.05, 0.1) is 4.92 Å². The van der Waals surface area contributed by atoms with Crippen molar-refractivity contribution in [3.63, 3.8) is 0 Å². The normalized spacial score (nSPS) is 9.85. The van der Waals surface area contributed by atoms with Gasteiger partial charge in [-0.1, -0.05) is 17.7 Å². The molecule has 0 saturated carbocycles. The number of hydrogen-bond donors (Lipinski definition) is 2. The molecule has 0 fully saturated rings. The summed E-state index contributed by atoms with van der Waals surface area (Å²) in [5.74, 6) is 0.445. The Balaban J connectivity index is 1.97. The van der Waals surface area contributed by atoms with Crippen LogP contribution in [0.4, 0.5) is 17.2 Å². The van der Waals surface area contributed by atoms with Crippen LogP contribution in [0.1, 0.15) is 5.56 Å². The molecule has 0 unspecified atom stereocenters. The van der Waals surface area contributed by atoms with Crippen LogP contribution >= 0.6 is 12.2 Å². The molecule has 1 aromatic heterocycles. The van der Waals surface area contributed by atoms with E-state index in [1.807, 2.05) is 31.2 Å². The zero-order valence-electron chi connectivity index (χ0n) is 10.7. The van der Waals surface area contributed by atoms with Crippen molar-refractivity contribution in [3.8, 4) is 0 Å². The summed E-state index contributed by atoms with van der Waals surface area (Å²) in [6.07, 6.45) is 1.18. The van der Waals surface area contributed by atoms with Crippen LogP contribution in [-0.2, 0) is 0 Å². The number of thiocarbonyl (C=S) groups is 1. The minimum Gasteiger partial charge on any atom is -0.332 e. The quantitative estimate of drug-likeness (QED) is 0.513. The maximum atomic E-state index is 10.5. The lowest BCUT2D eigenvalue weighted by Crippen LogP contribution is -2.19. The zero-order chi connectivity index (χ0) is 14.5. The maximum Gasteiger partial charge on any atom is 0.287 e. The van der Waals surface area contributed by atoms with E-state index in [1.54, 1.807) is 0 Å². The largest absolute Gasteiger partial charge is 0.332 e. The second-order valence-electron chi connectivity index (χ2n) is 4.10. The number of benzene rings is 1. The Kier molecular flexibility index (Phi) is 4.21. The molecule has 0 bridgehead atoms. The van der Waals surface area contributed by atoms with Gasteiger partial charge in [-0.15, -0.1) is 0 Å². The Morgan fingerprint density at radius 1 is 1.20 bits per heavy atom. The molecule has 0 atom stereocenters. The van der Waals surface area contributed by atoms with Gasteiger partial charge in [-0.2, -0.15) is 0 Å². The van der Waals surface area contributed by atoms with Gasteiger partial charge in [-0.05, 0) is 37.3 Å². The first-order chi connectivity index (χ1) is 9.54. The summed E-state index contributed by atoms with van der Waals surface area (Å²) in [6.45, 7) is 2.00. The topological polar surface area (TPSA) is 80.1 Å². The second-order valence-corrected chi connectivity index (χ2v) is 4.51. The summed E-state index contributed by atoms with van der Waals surface area (Å²) in [5.41, 5.74) is 1.95. The van der Waals surface area contributed by atoms with E-state index in [2.05, 4.69) is 15.6 Å². The summed E-state index contributed by atoms with van der Waals surface area (Å²) in [4.78, 5) is 13.9. The zero-order valence-corrected chi connectivity index (χ0v) is 11.5. The number of aryl methyl sites for hydroxylation is 1. The number of hydrogen-bond acceptors (Lipinski definition) is 4. The maximum absolute atomic E-state index is 10.5. The lowest BCUT2D eigenvalue weighted by molar-refractivity contribution is -0.385. The highest BCUT2D eigenvalue weighted by molar-refractivity contribution is 7.80. The third kappa shape index (κ3) is 3.72. The van der Waals surface area contributed by atoms with E-state index in [-0.39, 0.29) is 5.69 Å². The van der Waals surface area contributed by atoms with E-state index in [4.69, 9.17) is 12.2 Å². The lowest BCUT2D eigenvalue weighted by Gasteiger charge is -2.09. The van der Waals surface area contributed by atoms with E-state index in [9.17, 15) is 10.1 Å². The smallest absolute Gasteiger partial charge is 0.287 e. The molecule has 0 amide bonds. The predicted octanol–water partition coefficient (Wildman–Crippen LogP) is 3.11. The molecule has 0 radical (unpaired) electrons. The average molecular weight is 288 g/mol. The number of anilines is 2. The molecule has 0 saturated heterocycles. The van der Waals surface area contributed by atoms with Crippen molar-refractivity contribution in [3.05, 3.63) is 58.3 Å². The van der Waals surface area contributed by atoms with Crippen LogP contribution in [0.3, 0.4) is 0 Å². The first kappa shape index (κ1) is 13.9. The SMILES string of the molecule is Cc1ccc(NC(=S)Nc2ccc([N+](=O)[O-])cn2)cc1. The number of aromatic nitrogens is 1.